The van der Waals surface area contributed by atoms with E-state index in [2.05, 4.69) is 5.32 Å². The van der Waals surface area contributed by atoms with Crippen LogP contribution in [0.5, 0.6) is 5.75 Å². The minimum absolute atomic E-state index is 0.449. The van der Waals surface area contributed by atoms with Gasteiger partial charge in [-0.3, -0.25) is 0 Å². The van der Waals surface area contributed by atoms with Gasteiger partial charge in [0.25, 0.3) is 0 Å². The Morgan fingerprint density at radius 1 is 1.17 bits per heavy atom. The van der Waals surface area contributed by atoms with Crippen molar-refractivity contribution >= 4 is 23.2 Å². The Kier molecular flexibility index (Phi) is 4.93. The summed E-state index contributed by atoms with van der Waals surface area (Å²) in [5.41, 5.74) is 0. The smallest absolute Gasteiger partial charge is 0.139 e. The van der Waals surface area contributed by atoms with Gasteiger partial charge < -0.3 is 14.5 Å². The van der Waals surface area contributed by atoms with Crippen LogP contribution >= 0.6 is 23.2 Å². The van der Waals surface area contributed by atoms with Crippen LogP contribution < -0.4 is 10.1 Å². The molecule has 0 atom stereocenters. The Morgan fingerprint density at radius 2 is 2.06 bits per heavy atom. The first kappa shape index (κ1) is 13.3. The molecular formula is C13H13Cl2NO2. The molecule has 0 radical (unpaired) electrons. The number of halogens is 2. The number of nitrogens with one attached hydrogen (secondary N) is 1. The molecule has 0 aliphatic rings. The highest BCUT2D eigenvalue weighted by molar-refractivity contribution is 6.42. The Balaban J connectivity index is 1.70. The second-order valence-corrected chi connectivity index (χ2v) is 4.44. The van der Waals surface area contributed by atoms with Gasteiger partial charge >= 0.3 is 0 Å². The molecule has 2 aromatic rings. The number of benzene rings is 1. The molecule has 0 unspecified atom stereocenters. The Hall–Kier alpha value is -1.16. The molecular weight excluding hydrogens is 273 g/mol. The first-order chi connectivity index (χ1) is 8.77. The van der Waals surface area contributed by atoms with E-state index in [1.165, 1.54) is 0 Å². The minimum Gasteiger partial charge on any atom is -0.491 e. The van der Waals surface area contributed by atoms with Crippen LogP contribution in [0.1, 0.15) is 5.76 Å². The van der Waals surface area contributed by atoms with Crippen molar-refractivity contribution in [2.24, 2.45) is 0 Å². The topological polar surface area (TPSA) is 34.4 Å². The van der Waals surface area contributed by atoms with Crippen molar-refractivity contribution in [3.8, 4) is 5.75 Å². The molecule has 18 heavy (non-hydrogen) atoms. The predicted octanol–water partition coefficient (Wildman–Crippen LogP) is 3.76. The van der Waals surface area contributed by atoms with E-state index in [4.69, 9.17) is 32.4 Å². The first-order valence-electron chi connectivity index (χ1n) is 5.57. The minimum atomic E-state index is 0.449. The van der Waals surface area contributed by atoms with Crippen molar-refractivity contribution in [1.82, 2.24) is 5.32 Å². The molecule has 5 heteroatoms. The molecule has 2 rings (SSSR count). The molecule has 0 amide bonds. The molecule has 1 aromatic carbocycles. The van der Waals surface area contributed by atoms with Gasteiger partial charge in [0.15, 0.2) is 0 Å². The summed E-state index contributed by atoms with van der Waals surface area (Å²) in [7, 11) is 0. The monoisotopic (exact) mass is 285 g/mol. The van der Waals surface area contributed by atoms with Gasteiger partial charge in [0.1, 0.15) is 23.1 Å². The lowest BCUT2D eigenvalue weighted by Crippen LogP contribution is -2.20. The zero-order valence-electron chi connectivity index (χ0n) is 9.66. The maximum Gasteiger partial charge on any atom is 0.139 e. The first-order valence-corrected chi connectivity index (χ1v) is 6.33. The van der Waals surface area contributed by atoms with Crippen molar-refractivity contribution in [2.75, 3.05) is 13.2 Å². The van der Waals surface area contributed by atoms with Crippen LogP contribution in [0.2, 0.25) is 10.0 Å². The van der Waals surface area contributed by atoms with Gasteiger partial charge in [0.05, 0.1) is 17.8 Å². The van der Waals surface area contributed by atoms with Crippen LogP contribution in [-0.2, 0) is 6.54 Å². The van der Waals surface area contributed by atoms with Gasteiger partial charge in [-0.05, 0) is 24.3 Å². The molecule has 0 saturated carbocycles. The standard InChI is InChI=1S/C13H13Cl2NO2/c14-11-4-1-5-12(13(11)15)18-8-6-16-9-10-3-2-7-17-10/h1-5,7,16H,6,8-9H2. The van der Waals surface area contributed by atoms with Crippen molar-refractivity contribution in [1.29, 1.82) is 0 Å². The van der Waals surface area contributed by atoms with E-state index < -0.39 is 0 Å². The maximum absolute atomic E-state index is 5.99. The normalized spacial score (nSPS) is 10.6. The third-order valence-corrected chi connectivity index (χ3v) is 3.13. The molecule has 0 bridgehead atoms. The largest absolute Gasteiger partial charge is 0.491 e. The third-order valence-electron chi connectivity index (χ3n) is 2.33. The molecule has 1 heterocycles. The highest BCUT2D eigenvalue weighted by Gasteiger charge is 2.04. The lowest BCUT2D eigenvalue weighted by Gasteiger charge is -2.09. The van der Waals surface area contributed by atoms with Crippen molar-refractivity contribution < 1.29 is 9.15 Å². The molecule has 96 valence electrons. The molecule has 0 saturated heterocycles. The molecule has 0 fully saturated rings. The summed E-state index contributed by atoms with van der Waals surface area (Å²) in [6.07, 6.45) is 1.65. The average molecular weight is 286 g/mol. The summed E-state index contributed by atoms with van der Waals surface area (Å²) in [4.78, 5) is 0. The fraction of sp³-hybridized carbons (Fsp3) is 0.231. The van der Waals surface area contributed by atoms with Crippen LogP contribution in [0.3, 0.4) is 0 Å². The summed E-state index contributed by atoms with van der Waals surface area (Å²) in [6, 6.07) is 9.10. The molecule has 0 spiro atoms. The predicted molar refractivity (Wildman–Crippen MR) is 72.4 cm³/mol. The fourth-order valence-electron chi connectivity index (χ4n) is 1.45. The van der Waals surface area contributed by atoms with E-state index >= 15 is 0 Å². The molecule has 1 N–H and O–H groups in total. The van der Waals surface area contributed by atoms with Crippen LogP contribution in [-0.4, -0.2) is 13.2 Å². The summed E-state index contributed by atoms with van der Waals surface area (Å²) in [5.74, 6) is 1.50. The third kappa shape index (κ3) is 3.67. The molecule has 3 nitrogen and oxygen atoms in total. The zero-order chi connectivity index (χ0) is 12.8. The lowest BCUT2D eigenvalue weighted by atomic mass is 10.3. The Morgan fingerprint density at radius 3 is 2.83 bits per heavy atom. The number of ether oxygens (including phenoxy) is 1. The van der Waals surface area contributed by atoms with Crippen molar-refractivity contribution in [3.05, 3.63) is 52.4 Å². The summed E-state index contributed by atoms with van der Waals surface area (Å²) in [6.45, 7) is 1.89. The van der Waals surface area contributed by atoms with Gasteiger partial charge in [-0.1, -0.05) is 29.3 Å². The van der Waals surface area contributed by atoms with Crippen molar-refractivity contribution in [3.63, 3.8) is 0 Å². The quantitative estimate of drug-likeness (QED) is 0.821. The van der Waals surface area contributed by atoms with Gasteiger partial charge in [-0.25, -0.2) is 0 Å². The Labute approximate surface area is 116 Å². The van der Waals surface area contributed by atoms with E-state index in [9.17, 15) is 0 Å². The van der Waals surface area contributed by atoms with E-state index in [0.717, 1.165) is 5.76 Å². The zero-order valence-corrected chi connectivity index (χ0v) is 11.2. The van der Waals surface area contributed by atoms with E-state index in [0.29, 0.717) is 35.5 Å². The van der Waals surface area contributed by atoms with Gasteiger partial charge in [0, 0.05) is 6.54 Å². The number of hydrogen-bond donors (Lipinski definition) is 1. The van der Waals surface area contributed by atoms with Crippen LogP contribution in [0, 0.1) is 0 Å². The van der Waals surface area contributed by atoms with E-state index in [1.54, 1.807) is 24.5 Å². The SMILES string of the molecule is Clc1cccc(OCCNCc2ccco2)c1Cl. The van der Waals surface area contributed by atoms with E-state index in [-0.39, 0.29) is 0 Å². The van der Waals surface area contributed by atoms with Gasteiger partial charge in [-0.15, -0.1) is 0 Å². The summed E-state index contributed by atoms with van der Waals surface area (Å²) >= 11 is 11.9. The van der Waals surface area contributed by atoms with Crippen LogP contribution in [0.4, 0.5) is 0 Å². The number of furan rings is 1. The Bertz CT molecular complexity index is 486. The van der Waals surface area contributed by atoms with Crippen LogP contribution in [0.25, 0.3) is 0 Å². The number of hydrogen-bond acceptors (Lipinski definition) is 3. The van der Waals surface area contributed by atoms with Crippen LogP contribution in [0.15, 0.2) is 41.0 Å². The molecule has 0 aliphatic carbocycles. The summed E-state index contributed by atoms with van der Waals surface area (Å²) < 4.78 is 10.7. The number of rotatable bonds is 6. The summed E-state index contributed by atoms with van der Waals surface area (Å²) in [5, 5.41) is 4.14. The molecule has 1 aromatic heterocycles. The second kappa shape index (κ2) is 6.69. The highest BCUT2D eigenvalue weighted by atomic mass is 35.5. The highest BCUT2D eigenvalue weighted by Crippen LogP contribution is 2.31. The fourth-order valence-corrected chi connectivity index (χ4v) is 1.80. The lowest BCUT2D eigenvalue weighted by molar-refractivity contribution is 0.311. The van der Waals surface area contributed by atoms with Crippen molar-refractivity contribution in [2.45, 2.75) is 6.54 Å². The van der Waals surface area contributed by atoms with E-state index in [1.807, 2.05) is 12.1 Å². The van der Waals surface area contributed by atoms with Gasteiger partial charge in [-0.2, -0.15) is 0 Å². The second-order valence-electron chi connectivity index (χ2n) is 3.66. The maximum atomic E-state index is 5.99. The molecule has 0 aliphatic heterocycles. The average Bonchev–Trinajstić information content (AvgIpc) is 2.87. The van der Waals surface area contributed by atoms with Gasteiger partial charge in [0.2, 0.25) is 0 Å².